The van der Waals surface area contributed by atoms with E-state index in [2.05, 4.69) is 20.6 Å². The van der Waals surface area contributed by atoms with Crippen LogP contribution < -0.4 is 15.5 Å². The second kappa shape index (κ2) is 12.1. The van der Waals surface area contributed by atoms with Crippen LogP contribution in [0, 0.1) is 11.3 Å². The molecule has 2 aliphatic rings. The summed E-state index contributed by atoms with van der Waals surface area (Å²) < 4.78 is 10.8. The molecule has 4 N–H and O–H groups in total. The molecule has 204 valence electrons. The van der Waals surface area contributed by atoms with Gasteiger partial charge in [0.05, 0.1) is 25.0 Å². The number of hydrogen-bond donors (Lipinski definition) is 4. The number of likely N-dealkylation sites (tertiary alicyclic amines) is 1. The minimum atomic E-state index is -0.346. The summed E-state index contributed by atoms with van der Waals surface area (Å²) in [6.07, 6.45) is 0.595. The normalized spacial score (nSPS) is 16.3. The molecule has 0 atom stereocenters. The highest BCUT2D eigenvalue weighted by Gasteiger charge is 2.31. The van der Waals surface area contributed by atoms with Crippen molar-refractivity contribution < 1.29 is 24.2 Å². The van der Waals surface area contributed by atoms with Gasteiger partial charge in [0.2, 0.25) is 0 Å². The lowest BCUT2D eigenvalue weighted by Crippen LogP contribution is -2.41. The molecule has 2 saturated heterocycles. The van der Waals surface area contributed by atoms with Crippen molar-refractivity contribution in [2.24, 2.45) is 5.92 Å². The van der Waals surface area contributed by atoms with Gasteiger partial charge < -0.3 is 40.4 Å². The van der Waals surface area contributed by atoms with Gasteiger partial charge in [-0.15, -0.1) is 0 Å². The lowest BCUT2D eigenvalue weighted by atomic mass is 9.90. The number of carbonyl (C=O) groups excluding carboxylic acids is 2. The third-order valence-corrected chi connectivity index (χ3v) is 6.56. The maximum Gasteiger partial charge on any atom is 0.410 e. The summed E-state index contributed by atoms with van der Waals surface area (Å²) in [4.78, 5) is 36.8. The summed E-state index contributed by atoms with van der Waals surface area (Å²) >= 11 is 0. The lowest BCUT2D eigenvalue weighted by molar-refractivity contribution is 0.0686. The Morgan fingerprint density at radius 2 is 1.76 bits per heavy atom. The molecule has 2 aliphatic heterocycles. The number of carbonyl (C=O) groups is 2. The molecule has 4 rings (SSSR count). The Morgan fingerprint density at radius 3 is 2.37 bits per heavy atom. The molecular weight excluding hydrogens is 490 g/mol. The number of benzene rings is 1. The average Bonchev–Trinajstić information content (AvgIpc) is 2.93. The molecule has 1 aromatic carbocycles. The maximum absolute atomic E-state index is 12.3. The summed E-state index contributed by atoms with van der Waals surface area (Å²) in [6.45, 7) is 6.69. The highest BCUT2D eigenvalue weighted by Crippen LogP contribution is 2.34. The predicted molar refractivity (Wildman–Crippen MR) is 143 cm³/mol. The molecule has 12 heteroatoms. The van der Waals surface area contributed by atoms with Gasteiger partial charge in [0.25, 0.3) is 0 Å². The smallest absolute Gasteiger partial charge is 0.410 e. The van der Waals surface area contributed by atoms with Crippen molar-refractivity contribution in [2.45, 2.75) is 32.8 Å². The number of urea groups is 1. The number of ether oxygens (including phenoxy) is 2. The third-order valence-electron chi connectivity index (χ3n) is 6.56. The fraction of sp³-hybridized carbons (Fsp3) is 0.500. The number of aromatic nitrogens is 2. The van der Waals surface area contributed by atoms with Crippen molar-refractivity contribution >= 4 is 29.3 Å². The van der Waals surface area contributed by atoms with Crippen LogP contribution >= 0.6 is 0 Å². The van der Waals surface area contributed by atoms with Gasteiger partial charge in [0.1, 0.15) is 5.69 Å². The van der Waals surface area contributed by atoms with E-state index in [1.165, 1.54) is 0 Å². The molecule has 38 heavy (non-hydrogen) atoms. The Hall–Kier alpha value is -3.93. The Morgan fingerprint density at radius 1 is 1.11 bits per heavy atom. The zero-order valence-electron chi connectivity index (χ0n) is 22.0. The van der Waals surface area contributed by atoms with Crippen molar-refractivity contribution in [2.75, 3.05) is 56.7 Å². The standard InChI is InChI=1S/C26H35N7O5/c1-16(2)38-26(36)33-10-8-17(9-11-33)20(27)21-22(34)24(32-12-14-37-15-13-32)31-23(30-21)18-4-6-19(7-5-18)29-25(35)28-3/h4-7,16-17,27,34H,8-15H2,1-3H3,(H2,28,29,35). The number of nitrogens with one attached hydrogen (secondary N) is 3. The van der Waals surface area contributed by atoms with Crippen LogP contribution in [-0.4, -0.2) is 90.4 Å². The van der Waals surface area contributed by atoms with E-state index >= 15 is 0 Å². The Balaban J connectivity index is 1.60. The van der Waals surface area contributed by atoms with Crippen LogP contribution in [0.15, 0.2) is 24.3 Å². The molecule has 1 aromatic heterocycles. The number of hydrogen-bond acceptors (Lipinski definition) is 9. The van der Waals surface area contributed by atoms with Gasteiger partial charge in [-0.3, -0.25) is 0 Å². The average molecular weight is 526 g/mol. The van der Waals surface area contributed by atoms with Crippen molar-refractivity contribution in [3.8, 4) is 17.1 Å². The first kappa shape index (κ1) is 27.1. The van der Waals surface area contributed by atoms with Crippen molar-refractivity contribution in [3.05, 3.63) is 30.0 Å². The van der Waals surface area contributed by atoms with Gasteiger partial charge in [-0.25, -0.2) is 19.6 Å². The Labute approximate surface area is 221 Å². The fourth-order valence-corrected chi connectivity index (χ4v) is 4.47. The highest BCUT2D eigenvalue weighted by atomic mass is 16.6. The van der Waals surface area contributed by atoms with Crippen LogP contribution in [0.25, 0.3) is 11.4 Å². The molecule has 0 saturated carbocycles. The molecule has 3 heterocycles. The van der Waals surface area contributed by atoms with E-state index in [1.807, 2.05) is 18.7 Å². The summed E-state index contributed by atoms with van der Waals surface area (Å²) in [5.41, 5.74) is 1.70. The fourth-order valence-electron chi connectivity index (χ4n) is 4.47. The monoisotopic (exact) mass is 525 g/mol. The molecule has 0 radical (unpaired) electrons. The molecule has 0 aliphatic carbocycles. The summed E-state index contributed by atoms with van der Waals surface area (Å²) in [5.74, 6) is 0.431. The quantitative estimate of drug-likeness (QED) is 0.420. The molecule has 0 bridgehead atoms. The SMILES string of the molecule is CNC(=O)Nc1ccc(-c2nc(C(=N)C3CCN(C(=O)OC(C)C)CC3)c(O)c(N3CCOCC3)n2)cc1. The van der Waals surface area contributed by atoms with E-state index in [1.54, 1.807) is 36.2 Å². The Kier molecular flexibility index (Phi) is 8.62. The zero-order chi connectivity index (χ0) is 27.2. The maximum atomic E-state index is 12.3. The van der Waals surface area contributed by atoms with Crippen LogP contribution in [0.2, 0.25) is 0 Å². The van der Waals surface area contributed by atoms with Gasteiger partial charge >= 0.3 is 12.1 Å². The number of morpholine rings is 1. The zero-order valence-corrected chi connectivity index (χ0v) is 22.0. The topological polar surface area (TPSA) is 153 Å². The predicted octanol–water partition coefficient (Wildman–Crippen LogP) is 3.06. The lowest BCUT2D eigenvalue weighted by Gasteiger charge is -2.32. The van der Waals surface area contributed by atoms with Gasteiger partial charge in [0, 0.05) is 50.4 Å². The first-order valence-electron chi connectivity index (χ1n) is 12.8. The van der Waals surface area contributed by atoms with E-state index in [4.69, 9.17) is 14.9 Å². The highest BCUT2D eigenvalue weighted by molar-refractivity contribution is 6.02. The Bertz CT molecular complexity index is 1160. The summed E-state index contributed by atoms with van der Waals surface area (Å²) in [7, 11) is 1.54. The van der Waals surface area contributed by atoms with E-state index in [-0.39, 0.29) is 41.3 Å². The second-order valence-electron chi connectivity index (χ2n) is 9.56. The van der Waals surface area contributed by atoms with Gasteiger partial charge in [0.15, 0.2) is 17.4 Å². The molecule has 3 amide bonds. The van der Waals surface area contributed by atoms with Gasteiger partial charge in [-0.1, -0.05) is 0 Å². The first-order chi connectivity index (χ1) is 18.3. The number of amides is 3. The van der Waals surface area contributed by atoms with Gasteiger partial charge in [-0.05, 0) is 51.0 Å². The number of rotatable bonds is 6. The molecule has 2 fully saturated rings. The van der Waals surface area contributed by atoms with E-state index in [9.17, 15) is 14.7 Å². The minimum absolute atomic E-state index is 0.125. The number of nitrogens with zero attached hydrogens (tertiary/aromatic N) is 4. The largest absolute Gasteiger partial charge is 0.503 e. The van der Waals surface area contributed by atoms with E-state index in [0.717, 1.165) is 0 Å². The van der Waals surface area contributed by atoms with Gasteiger partial charge in [-0.2, -0.15) is 0 Å². The first-order valence-corrected chi connectivity index (χ1v) is 12.8. The summed E-state index contributed by atoms with van der Waals surface area (Å²) in [6, 6.07) is 6.73. The van der Waals surface area contributed by atoms with Crippen molar-refractivity contribution in [1.82, 2.24) is 20.2 Å². The molecule has 0 unspecified atom stereocenters. The van der Waals surface area contributed by atoms with E-state index in [0.29, 0.717) is 75.1 Å². The number of anilines is 2. The third kappa shape index (κ3) is 6.31. The molecular formula is C26H35N7O5. The van der Waals surface area contributed by atoms with Crippen LogP contribution in [-0.2, 0) is 9.47 Å². The molecule has 12 nitrogen and oxygen atoms in total. The van der Waals surface area contributed by atoms with Crippen LogP contribution in [0.5, 0.6) is 5.75 Å². The van der Waals surface area contributed by atoms with Crippen LogP contribution in [0.1, 0.15) is 32.4 Å². The number of aromatic hydroxyl groups is 1. The second-order valence-corrected chi connectivity index (χ2v) is 9.56. The molecule has 0 spiro atoms. The van der Waals surface area contributed by atoms with Crippen molar-refractivity contribution in [1.29, 1.82) is 5.41 Å². The summed E-state index contributed by atoms with van der Waals surface area (Å²) in [5, 5.41) is 25.4. The van der Waals surface area contributed by atoms with Crippen LogP contribution in [0.3, 0.4) is 0 Å². The molecule has 2 aromatic rings. The van der Waals surface area contributed by atoms with Crippen LogP contribution in [0.4, 0.5) is 21.1 Å². The number of piperidine rings is 1. The minimum Gasteiger partial charge on any atom is -0.503 e. The van der Waals surface area contributed by atoms with E-state index < -0.39 is 0 Å². The van der Waals surface area contributed by atoms with Crippen molar-refractivity contribution in [3.63, 3.8) is 0 Å².